The van der Waals surface area contributed by atoms with Gasteiger partial charge in [0.05, 0.1) is 12.6 Å². The Hall–Kier alpha value is -1.23. The van der Waals surface area contributed by atoms with Crippen molar-refractivity contribution >= 4 is 22.0 Å². The third kappa shape index (κ3) is 2.23. The van der Waals surface area contributed by atoms with Crippen LogP contribution in [0.4, 0.5) is 4.79 Å². The number of aromatic hydroxyl groups is 1. The molecule has 1 aromatic rings. The standard InChI is InChI=1S/C10H10BrNO3/c11-6-1-2-7(9(13)5-6)8-3-4-15-10(14)12-8/h1-2,5,8,13H,3-4H2,(H,12,14)/t8-/m1/s1. The van der Waals surface area contributed by atoms with Crippen molar-refractivity contribution in [3.05, 3.63) is 28.2 Å². The summed E-state index contributed by atoms with van der Waals surface area (Å²) < 4.78 is 5.56. The molecule has 1 atom stereocenters. The van der Waals surface area contributed by atoms with Gasteiger partial charge in [-0.3, -0.25) is 0 Å². The van der Waals surface area contributed by atoms with Crippen LogP contribution in [0.2, 0.25) is 0 Å². The van der Waals surface area contributed by atoms with Crippen LogP contribution in [0.5, 0.6) is 5.75 Å². The molecule has 2 N–H and O–H groups in total. The van der Waals surface area contributed by atoms with Crippen LogP contribution in [0.3, 0.4) is 0 Å². The number of phenolic OH excluding ortho intramolecular Hbond substituents is 1. The van der Waals surface area contributed by atoms with Crippen LogP contribution in [-0.4, -0.2) is 17.8 Å². The molecular weight excluding hydrogens is 262 g/mol. The van der Waals surface area contributed by atoms with Gasteiger partial charge in [0.2, 0.25) is 0 Å². The van der Waals surface area contributed by atoms with E-state index in [1.165, 1.54) is 0 Å². The highest BCUT2D eigenvalue weighted by Crippen LogP contribution is 2.30. The maximum absolute atomic E-state index is 11.0. The summed E-state index contributed by atoms with van der Waals surface area (Å²) >= 11 is 3.26. The van der Waals surface area contributed by atoms with E-state index in [0.29, 0.717) is 13.0 Å². The number of rotatable bonds is 1. The Morgan fingerprint density at radius 1 is 1.53 bits per heavy atom. The zero-order valence-electron chi connectivity index (χ0n) is 7.87. The highest BCUT2D eigenvalue weighted by molar-refractivity contribution is 9.10. The fraction of sp³-hybridized carbons (Fsp3) is 0.300. The molecule has 5 heteroatoms. The van der Waals surface area contributed by atoms with Gasteiger partial charge in [-0.1, -0.05) is 22.0 Å². The molecule has 0 radical (unpaired) electrons. The number of alkyl carbamates (subject to hydrolysis) is 1. The molecule has 1 heterocycles. The summed E-state index contributed by atoms with van der Waals surface area (Å²) in [6.07, 6.45) is 0.231. The van der Waals surface area contributed by atoms with Crippen LogP contribution in [0.25, 0.3) is 0 Å². The van der Waals surface area contributed by atoms with Crippen LogP contribution >= 0.6 is 15.9 Å². The minimum atomic E-state index is -0.437. The Morgan fingerprint density at radius 2 is 2.33 bits per heavy atom. The Balaban J connectivity index is 2.24. The molecule has 1 aromatic carbocycles. The van der Waals surface area contributed by atoms with Gasteiger partial charge < -0.3 is 15.2 Å². The Morgan fingerprint density at radius 3 is 3.00 bits per heavy atom. The van der Waals surface area contributed by atoms with Crippen LogP contribution in [0.1, 0.15) is 18.0 Å². The number of halogens is 1. The molecule has 4 nitrogen and oxygen atoms in total. The number of phenols is 1. The lowest BCUT2D eigenvalue weighted by Gasteiger charge is -2.24. The summed E-state index contributed by atoms with van der Waals surface area (Å²) in [6.45, 7) is 0.381. The van der Waals surface area contributed by atoms with Crippen molar-refractivity contribution in [1.29, 1.82) is 0 Å². The van der Waals surface area contributed by atoms with Crippen molar-refractivity contribution in [2.45, 2.75) is 12.5 Å². The lowest BCUT2D eigenvalue weighted by molar-refractivity contribution is 0.115. The molecule has 0 bridgehead atoms. The zero-order chi connectivity index (χ0) is 10.8. The van der Waals surface area contributed by atoms with Gasteiger partial charge in [-0.05, 0) is 12.1 Å². The van der Waals surface area contributed by atoms with Crippen molar-refractivity contribution in [3.63, 3.8) is 0 Å². The maximum Gasteiger partial charge on any atom is 0.407 e. The first-order valence-corrected chi connectivity index (χ1v) is 5.38. The van der Waals surface area contributed by atoms with E-state index in [4.69, 9.17) is 4.74 Å². The minimum absolute atomic E-state index is 0.167. The molecule has 0 aliphatic carbocycles. The van der Waals surface area contributed by atoms with Crippen LogP contribution in [0.15, 0.2) is 22.7 Å². The number of nitrogens with one attached hydrogen (secondary N) is 1. The quantitative estimate of drug-likeness (QED) is 0.824. The number of cyclic esters (lactones) is 1. The third-order valence-electron chi connectivity index (χ3n) is 2.30. The summed E-state index contributed by atoms with van der Waals surface area (Å²) in [5.74, 6) is 0.177. The Kier molecular flexibility index (Phi) is 2.81. The normalized spacial score (nSPS) is 20.6. The lowest BCUT2D eigenvalue weighted by atomic mass is 10.0. The molecule has 0 aromatic heterocycles. The largest absolute Gasteiger partial charge is 0.508 e. The van der Waals surface area contributed by atoms with E-state index < -0.39 is 6.09 Å². The van der Waals surface area contributed by atoms with E-state index in [9.17, 15) is 9.90 Å². The predicted octanol–water partition coefficient (Wildman–Crippen LogP) is 2.33. The molecule has 0 unspecified atom stereocenters. The second-order valence-corrected chi connectivity index (χ2v) is 4.24. The molecule has 15 heavy (non-hydrogen) atoms. The summed E-state index contributed by atoms with van der Waals surface area (Å²) in [5, 5.41) is 12.4. The van der Waals surface area contributed by atoms with Crippen molar-refractivity contribution in [2.24, 2.45) is 0 Å². The number of amides is 1. The predicted molar refractivity (Wildman–Crippen MR) is 57.6 cm³/mol. The van der Waals surface area contributed by atoms with Crippen LogP contribution in [-0.2, 0) is 4.74 Å². The molecule has 1 aliphatic rings. The van der Waals surface area contributed by atoms with Gasteiger partial charge in [0.25, 0.3) is 0 Å². The zero-order valence-corrected chi connectivity index (χ0v) is 9.45. The number of ether oxygens (including phenoxy) is 1. The summed E-state index contributed by atoms with van der Waals surface area (Å²) in [7, 11) is 0. The number of hydrogen-bond donors (Lipinski definition) is 2. The molecule has 80 valence electrons. The summed E-state index contributed by atoms with van der Waals surface area (Å²) in [6, 6.07) is 5.06. The molecule has 1 amide bonds. The van der Waals surface area contributed by atoms with Gasteiger partial charge in [-0.15, -0.1) is 0 Å². The van der Waals surface area contributed by atoms with Crippen molar-refractivity contribution in [2.75, 3.05) is 6.61 Å². The van der Waals surface area contributed by atoms with Gasteiger partial charge in [-0.2, -0.15) is 0 Å². The molecule has 1 aliphatic heterocycles. The summed E-state index contributed by atoms with van der Waals surface area (Å²) in [4.78, 5) is 11.0. The Bertz CT molecular complexity index is 394. The van der Waals surface area contributed by atoms with E-state index in [0.717, 1.165) is 10.0 Å². The fourth-order valence-corrected chi connectivity index (χ4v) is 1.92. The maximum atomic E-state index is 11.0. The van der Waals surface area contributed by atoms with Crippen molar-refractivity contribution in [1.82, 2.24) is 5.32 Å². The first-order chi connectivity index (χ1) is 7.16. The molecule has 1 saturated heterocycles. The molecule has 0 spiro atoms. The van der Waals surface area contributed by atoms with Crippen LogP contribution < -0.4 is 5.32 Å². The average molecular weight is 272 g/mol. The number of benzene rings is 1. The van der Waals surface area contributed by atoms with E-state index in [2.05, 4.69) is 21.2 Å². The Labute approximate surface area is 95.4 Å². The smallest absolute Gasteiger partial charge is 0.407 e. The fourth-order valence-electron chi connectivity index (χ4n) is 1.57. The number of carbonyl (C=O) groups excluding carboxylic acids is 1. The molecule has 1 fully saturated rings. The topological polar surface area (TPSA) is 58.6 Å². The number of hydrogen-bond acceptors (Lipinski definition) is 3. The molecular formula is C10H10BrNO3. The second kappa shape index (κ2) is 4.10. The number of carbonyl (C=O) groups is 1. The monoisotopic (exact) mass is 271 g/mol. The highest BCUT2D eigenvalue weighted by Gasteiger charge is 2.22. The van der Waals surface area contributed by atoms with Gasteiger partial charge in [0.1, 0.15) is 5.75 Å². The van der Waals surface area contributed by atoms with E-state index in [1.54, 1.807) is 12.1 Å². The first kappa shape index (κ1) is 10.3. The van der Waals surface area contributed by atoms with Crippen molar-refractivity contribution in [3.8, 4) is 5.75 Å². The summed E-state index contributed by atoms with van der Waals surface area (Å²) in [5.41, 5.74) is 0.717. The van der Waals surface area contributed by atoms with Crippen molar-refractivity contribution < 1.29 is 14.6 Å². The van der Waals surface area contributed by atoms with Gasteiger partial charge in [0.15, 0.2) is 0 Å². The van der Waals surface area contributed by atoms with Gasteiger partial charge in [-0.25, -0.2) is 4.79 Å². The SMILES string of the molecule is O=C1N[C@@H](c2ccc(Br)cc2O)CCO1. The minimum Gasteiger partial charge on any atom is -0.508 e. The van der Waals surface area contributed by atoms with E-state index in [1.807, 2.05) is 6.07 Å². The lowest BCUT2D eigenvalue weighted by Crippen LogP contribution is -2.35. The third-order valence-corrected chi connectivity index (χ3v) is 2.79. The van der Waals surface area contributed by atoms with Gasteiger partial charge >= 0.3 is 6.09 Å². The molecule has 0 saturated carbocycles. The highest BCUT2D eigenvalue weighted by atomic mass is 79.9. The average Bonchev–Trinajstić information content (AvgIpc) is 2.17. The van der Waals surface area contributed by atoms with Gasteiger partial charge in [0, 0.05) is 16.5 Å². The second-order valence-electron chi connectivity index (χ2n) is 3.32. The van der Waals surface area contributed by atoms with E-state index in [-0.39, 0.29) is 11.8 Å². The van der Waals surface area contributed by atoms with E-state index >= 15 is 0 Å². The molecule has 2 rings (SSSR count). The van der Waals surface area contributed by atoms with Crippen LogP contribution in [0, 0.1) is 0 Å². The first-order valence-electron chi connectivity index (χ1n) is 4.58.